The van der Waals surface area contributed by atoms with E-state index in [2.05, 4.69) is 11.7 Å². The molecule has 0 aromatic heterocycles. The highest BCUT2D eigenvalue weighted by Crippen LogP contribution is 2.54. The average molecular weight is 507 g/mol. The molecule has 0 N–H and O–H groups in total. The summed E-state index contributed by atoms with van der Waals surface area (Å²) < 4.78 is 107. The van der Waals surface area contributed by atoms with Gasteiger partial charge in [-0.25, -0.2) is 4.39 Å². The molecule has 2 saturated carbocycles. The highest BCUT2D eigenvalue weighted by atomic mass is 19.4. The number of alkyl halides is 7. The van der Waals surface area contributed by atoms with Crippen LogP contribution in [0.4, 0.5) is 30.7 Å². The van der Waals surface area contributed by atoms with Crippen molar-refractivity contribution in [3.8, 4) is 0 Å². The summed E-state index contributed by atoms with van der Waals surface area (Å²) in [7, 11) is 0. The monoisotopic (exact) mass is 506 g/mol. The Morgan fingerprint density at radius 2 is 1.35 bits per heavy atom. The van der Waals surface area contributed by atoms with Gasteiger partial charge in [-0.15, -0.1) is 0 Å². The first-order chi connectivity index (χ1) is 15.8. The first-order valence-electron chi connectivity index (χ1n) is 12.7. The summed E-state index contributed by atoms with van der Waals surface area (Å²) in [4.78, 5) is 0. The second-order valence-corrected chi connectivity index (χ2v) is 10.9. The minimum Gasteiger partial charge on any atom is -0.373 e. The Balaban J connectivity index is 1.99. The lowest BCUT2D eigenvalue weighted by Gasteiger charge is -2.44. The van der Waals surface area contributed by atoms with Crippen molar-refractivity contribution in [1.82, 2.24) is 0 Å². The molecule has 3 unspecified atom stereocenters. The van der Waals surface area contributed by atoms with E-state index < -0.39 is 49.9 Å². The van der Waals surface area contributed by atoms with Gasteiger partial charge in [-0.05, 0) is 49.4 Å². The first-order valence-corrected chi connectivity index (χ1v) is 12.7. The topological polar surface area (TPSA) is 18.5 Å². The summed E-state index contributed by atoms with van der Waals surface area (Å²) in [6, 6.07) is 0. The average Bonchev–Trinajstić information content (AvgIpc) is 2.75. The third-order valence-corrected chi connectivity index (χ3v) is 8.28. The molecule has 3 atom stereocenters. The van der Waals surface area contributed by atoms with E-state index in [1.165, 1.54) is 19.3 Å². The smallest absolute Gasteiger partial charge is 0.373 e. The maximum atomic E-state index is 13.9. The molecule has 0 saturated heterocycles. The molecule has 2 rings (SSSR count). The molecule has 0 spiro atoms. The molecule has 0 bridgehead atoms. The Hall–Kier alpha value is -0.570. The lowest BCUT2D eigenvalue weighted by Crippen LogP contribution is -2.64. The van der Waals surface area contributed by atoms with Crippen molar-refractivity contribution in [3.63, 3.8) is 0 Å². The molecule has 2 aliphatic carbocycles. The molecule has 0 aromatic rings. The van der Waals surface area contributed by atoms with E-state index >= 15 is 0 Å². The van der Waals surface area contributed by atoms with E-state index in [1.807, 2.05) is 13.8 Å². The van der Waals surface area contributed by atoms with Gasteiger partial charge in [0.05, 0.1) is 19.3 Å². The molecule has 0 aliphatic heterocycles. The van der Waals surface area contributed by atoms with Gasteiger partial charge in [0.15, 0.2) is 0 Å². The normalized spacial score (nSPS) is 23.5. The SMILES string of the molecule is CC(CC1(C)CCCCC1)C(C)C(CF)OCCOC(C1CCCCC1)(C(F)(F)F)C(F)(F)F. The third-order valence-electron chi connectivity index (χ3n) is 8.28. The second-order valence-electron chi connectivity index (χ2n) is 10.9. The van der Waals surface area contributed by atoms with Crippen molar-refractivity contribution in [3.05, 3.63) is 0 Å². The van der Waals surface area contributed by atoms with Crippen molar-refractivity contribution in [1.29, 1.82) is 0 Å². The molecule has 0 radical (unpaired) electrons. The van der Waals surface area contributed by atoms with Gasteiger partial charge in [-0.1, -0.05) is 59.3 Å². The Labute approximate surface area is 199 Å². The zero-order valence-corrected chi connectivity index (χ0v) is 20.7. The van der Waals surface area contributed by atoms with Crippen LogP contribution in [0.3, 0.4) is 0 Å². The van der Waals surface area contributed by atoms with Crippen molar-refractivity contribution >= 4 is 0 Å². The lowest BCUT2D eigenvalue weighted by molar-refractivity contribution is -0.400. The van der Waals surface area contributed by atoms with Crippen LogP contribution in [0.5, 0.6) is 0 Å². The van der Waals surface area contributed by atoms with Crippen molar-refractivity contribution in [2.45, 2.75) is 115 Å². The summed E-state index contributed by atoms with van der Waals surface area (Å²) in [5.74, 6) is -1.80. The molecular weight excluding hydrogens is 465 g/mol. The van der Waals surface area contributed by atoms with Crippen LogP contribution >= 0.6 is 0 Å². The summed E-state index contributed by atoms with van der Waals surface area (Å²) >= 11 is 0. The number of halogens is 7. The largest absolute Gasteiger partial charge is 0.426 e. The first kappa shape index (κ1) is 29.7. The predicted octanol–water partition coefficient (Wildman–Crippen LogP) is 8.43. The fourth-order valence-electron chi connectivity index (χ4n) is 6.09. The molecule has 0 aromatic carbocycles. The highest BCUT2D eigenvalue weighted by molar-refractivity contribution is 5.02. The zero-order valence-electron chi connectivity index (χ0n) is 20.7. The fraction of sp³-hybridized carbons (Fsp3) is 1.00. The molecule has 2 aliphatic rings. The quantitative estimate of drug-likeness (QED) is 0.207. The van der Waals surface area contributed by atoms with Crippen molar-refractivity contribution < 1.29 is 40.2 Å². The third kappa shape index (κ3) is 7.01. The van der Waals surface area contributed by atoms with Gasteiger partial charge in [0.25, 0.3) is 5.60 Å². The summed E-state index contributed by atoms with van der Waals surface area (Å²) in [5.41, 5.74) is -4.04. The Morgan fingerprint density at radius 3 is 1.85 bits per heavy atom. The molecule has 2 fully saturated rings. The molecular formula is C25H41F7O2. The van der Waals surface area contributed by atoms with Gasteiger partial charge in [-0.2, -0.15) is 26.3 Å². The van der Waals surface area contributed by atoms with Gasteiger partial charge in [0.2, 0.25) is 0 Å². The minimum atomic E-state index is -5.61. The van der Waals surface area contributed by atoms with E-state index in [0.29, 0.717) is 19.3 Å². The molecule has 9 heteroatoms. The second kappa shape index (κ2) is 12.1. The van der Waals surface area contributed by atoms with E-state index in [0.717, 1.165) is 19.3 Å². The van der Waals surface area contributed by atoms with Crippen LogP contribution in [-0.4, -0.2) is 43.9 Å². The number of hydrogen-bond donors (Lipinski definition) is 0. The number of rotatable bonds is 11. The summed E-state index contributed by atoms with van der Waals surface area (Å²) in [5, 5.41) is 0. The van der Waals surface area contributed by atoms with Crippen LogP contribution in [0.1, 0.15) is 91.4 Å². The van der Waals surface area contributed by atoms with Crippen LogP contribution in [0.25, 0.3) is 0 Å². The Morgan fingerprint density at radius 1 is 0.824 bits per heavy atom. The Kier molecular flexibility index (Phi) is 10.6. The van der Waals surface area contributed by atoms with Gasteiger partial charge < -0.3 is 9.47 Å². The van der Waals surface area contributed by atoms with Gasteiger partial charge in [0, 0.05) is 5.92 Å². The molecule has 0 amide bonds. The van der Waals surface area contributed by atoms with Gasteiger partial charge >= 0.3 is 12.4 Å². The van der Waals surface area contributed by atoms with E-state index in [1.54, 1.807) is 0 Å². The molecule has 0 heterocycles. The zero-order chi connectivity index (χ0) is 25.6. The molecule has 2 nitrogen and oxygen atoms in total. The van der Waals surface area contributed by atoms with E-state index in [9.17, 15) is 30.7 Å². The van der Waals surface area contributed by atoms with Crippen LogP contribution in [0.2, 0.25) is 0 Å². The number of hydrogen-bond acceptors (Lipinski definition) is 2. The van der Waals surface area contributed by atoms with Crippen LogP contribution in [0, 0.1) is 23.2 Å². The van der Waals surface area contributed by atoms with Crippen molar-refractivity contribution in [2.75, 3.05) is 19.9 Å². The van der Waals surface area contributed by atoms with Gasteiger partial charge in [0.1, 0.15) is 6.67 Å². The minimum absolute atomic E-state index is 0.108. The number of ether oxygens (including phenoxy) is 2. The van der Waals surface area contributed by atoms with E-state index in [4.69, 9.17) is 4.74 Å². The lowest BCUT2D eigenvalue weighted by atomic mass is 9.68. The van der Waals surface area contributed by atoms with E-state index in [-0.39, 0.29) is 30.1 Å². The van der Waals surface area contributed by atoms with Crippen LogP contribution in [0.15, 0.2) is 0 Å². The summed E-state index contributed by atoms with van der Waals surface area (Å²) in [6.45, 7) is 3.80. The summed E-state index contributed by atoms with van der Waals surface area (Å²) in [6.07, 6.45) is -4.63. The van der Waals surface area contributed by atoms with Gasteiger partial charge in [-0.3, -0.25) is 0 Å². The predicted molar refractivity (Wildman–Crippen MR) is 117 cm³/mol. The maximum absolute atomic E-state index is 13.9. The standard InChI is InChI=1S/C25H41F7O2/c1-18(16-22(3)12-8-5-9-13-22)19(2)21(17-26)33-14-15-34-23(24(27,28)29,25(30,31)32)20-10-6-4-7-11-20/h18-21H,4-17H2,1-3H3. The van der Waals surface area contributed by atoms with Crippen molar-refractivity contribution in [2.24, 2.45) is 23.2 Å². The van der Waals surface area contributed by atoms with Crippen LogP contribution in [-0.2, 0) is 9.47 Å². The highest BCUT2D eigenvalue weighted by Gasteiger charge is 2.75. The molecule has 34 heavy (non-hydrogen) atoms. The maximum Gasteiger partial charge on any atom is 0.426 e. The molecule has 202 valence electrons. The Bertz CT molecular complexity index is 579. The fourth-order valence-corrected chi connectivity index (χ4v) is 6.09. The van der Waals surface area contributed by atoms with Crippen LogP contribution < -0.4 is 0 Å².